The van der Waals surface area contributed by atoms with Crippen LogP contribution >= 0.6 is 11.3 Å². The Hall–Kier alpha value is -4.01. The number of aliphatic hydroxyl groups is 1. The number of benzene rings is 2. The molecule has 0 aliphatic heterocycles. The second-order valence-corrected chi connectivity index (χ2v) is 7.88. The van der Waals surface area contributed by atoms with E-state index in [4.69, 9.17) is 14.6 Å². The first kappa shape index (κ1) is 24.6. The number of hydrazone groups is 1. The number of nitriles is 1. The summed E-state index contributed by atoms with van der Waals surface area (Å²) in [4.78, 5) is 25.2. The molecule has 3 rings (SSSR count). The Morgan fingerprint density at radius 3 is 2.82 bits per heavy atom. The molecule has 2 aromatic carbocycles. The lowest BCUT2D eigenvalue weighted by Crippen LogP contribution is -2.36. The highest BCUT2D eigenvalue weighted by Gasteiger charge is 2.16. The number of nitrogens with zero attached hydrogens (tertiary/aromatic N) is 3. The van der Waals surface area contributed by atoms with Gasteiger partial charge in [-0.3, -0.25) is 9.59 Å². The molecule has 0 atom stereocenters. The number of halogens is 1. The van der Waals surface area contributed by atoms with Gasteiger partial charge in [0.15, 0.2) is 11.5 Å². The predicted octanol–water partition coefficient (Wildman–Crippen LogP) is 2.51. The zero-order valence-corrected chi connectivity index (χ0v) is 19.2. The van der Waals surface area contributed by atoms with Gasteiger partial charge in [0.1, 0.15) is 23.4 Å². The second-order valence-electron chi connectivity index (χ2n) is 6.86. The smallest absolute Gasteiger partial charge is 0.261 e. The van der Waals surface area contributed by atoms with E-state index >= 15 is 0 Å². The Balaban J connectivity index is 1.66. The lowest BCUT2D eigenvalue weighted by molar-refractivity contribution is -0.128. The van der Waals surface area contributed by atoms with Crippen molar-refractivity contribution in [3.05, 3.63) is 58.2 Å². The van der Waals surface area contributed by atoms with Crippen molar-refractivity contribution in [2.45, 2.75) is 0 Å². The van der Waals surface area contributed by atoms with Crippen molar-refractivity contribution in [1.82, 2.24) is 10.3 Å². The molecule has 0 saturated carbocycles. The number of thiophene rings is 1. The van der Waals surface area contributed by atoms with Gasteiger partial charge in [-0.25, -0.2) is 9.40 Å². The summed E-state index contributed by atoms with van der Waals surface area (Å²) >= 11 is 1.01. The van der Waals surface area contributed by atoms with E-state index in [1.807, 2.05) is 6.07 Å². The summed E-state index contributed by atoms with van der Waals surface area (Å²) in [6.45, 7) is -0.509. The Labute approximate surface area is 198 Å². The molecule has 0 aliphatic rings. The maximum atomic E-state index is 14.0. The van der Waals surface area contributed by atoms with Gasteiger partial charge in [-0.2, -0.15) is 10.4 Å². The van der Waals surface area contributed by atoms with Gasteiger partial charge in [-0.15, -0.1) is 11.3 Å². The highest BCUT2D eigenvalue weighted by atomic mass is 32.1. The van der Waals surface area contributed by atoms with Crippen LogP contribution < -0.4 is 14.8 Å². The number of ether oxygens (including phenoxy) is 2. The number of carbonyl (C=O) groups is 2. The topological polar surface area (TPSA) is 124 Å². The number of likely N-dealkylation sites (N-methyl/N-ethyl adjacent to an activating group) is 1. The van der Waals surface area contributed by atoms with Crippen LogP contribution in [0.5, 0.6) is 11.5 Å². The number of nitrogens with one attached hydrogen (secondary N) is 1. The molecular weight excluding hydrogens is 463 g/mol. The molecule has 9 nitrogen and oxygen atoms in total. The Bertz CT molecular complexity index is 1280. The number of aliphatic hydroxyl groups excluding tert-OH is 1. The van der Waals surface area contributed by atoms with E-state index in [9.17, 15) is 19.2 Å². The van der Waals surface area contributed by atoms with Crippen LogP contribution in [0.4, 0.5) is 4.39 Å². The van der Waals surface area contributed by atoms with Crippen molar-refractivity contribution in [1.29, 1.82) is 5.26 Å². The largest absolute Gasteiger partial charge is 0.493 e. The van der Waals surface area contributed by atoms with Crippen molar-refractivity contribution in [3.8, 4) is 17.6 Å². The molecule has 0 spiro atoms. The quantitative estimate of drug-likeness (QED) is 0.355. The molecule has 2 amide bonds. The van der Waals surface area contributed by atoms with E-state index in [-0.39, 0.29) is 35.9 Å². The fourth-order valence-corrected chi connectivity index (χ4v) is 3.96. The summed E-state index contributed by atoms with van der Waals surface area (Å²) in [6.07, 6.45) is 1.32. The van der Waals surface area contributed by atoms with E-state index in [1.165, 1.54) is 44.6 Å². The summed E-state index contributed by atoms with van der Waals surface area (Å²) in [5, 5.41) is 26.4. The normalized spacial score (nSPS) is 10.8. The van der Waals surface area contributed by atoms with Crippen LogP contribution in [-0.4, -0.2) is 62.1 Å². The molecule has 2 N–H and O–H groups in total. The molecule has 0 radical (unpaired) electrons. The number of methoxy groups -OCH3 is 1. The molecule has 0 saturated heterocycles. The minimum Gasteiger partial charge on any atom is -0.493 e. The summed E-state index contributed by atoms with van der Waals surface area (Å²) < 4.78 is 24.9. The lowest BCUT2D eigenvalue weighted by atomic mass is 10.1. The van der Waals surface area contributed by atoms with Gasteiger partial charge in [0.05, 0.1) is 31.2 Å². The van der Waals surface area contributed by atoms with Crippen LogP contribution in [0.1, 0.15) is 20.8 Å². The molecule has 1 heterocycles. The van der Waals surface area contributed by atoms with Gasteiger partial charge in [0.2, 0.25) is 0 Å². The number of amides is 2. The van der Waals surface area contributed by atoms with Gasteiger partial charge in [-0.05, 0) is 24.3 Å². The van der Waals surface area contributed by atoms with E-state index < -0.39 is 17.6 Å². The van der Waals surface area contributed by atoms with Crippen LogP contribution in [0.3, 0.4) is 0 Å². The van der Waals surface area contributed by atoms with Gasteiger partial charge >= 0.3 is 0 Å². The zero-order chi connectivity index (χ0) is 24.7. The summed E-state index contributed by atoms with van der Waals surface area (Å²) in [6, 6.07) is 11.0. The molecular formula is C23H21FN4O5S. The first-order valence-electron chi connectivity index (χ1n) is 10.0. The number of hydrogen-bond acceptors (Lipinski definition) is 8. The summed E-state index contributed by atoms with van der Waals surface area (Å²) in [7, 11) is 2.85. The highest BCUT2D eigenvalue weighted by Crippen LogP contribution is 2.31. The maximum Gasteiger partial charge on any atom is 0.261 e. The Kier molecular flexibility index (Phi) is 8.13. The van der Waals surface area contributed by atoms with E-state index in [0.29, 0.717) is 21.4 Å². The fraction of sp³-hybridized carbons (Fsp3) is 0.217. The highest BCUT2D eigenvalue weighted by molar-refractivity contribution is 7.20. The van der Waals surface area contributed by atoms with Crippen molar-refractivity contribution in [2.24, 2.45) is 5.10 Å². The summed E-state index contributed by atoms with van der Waals surface area (Å²) in [5.41, 5.74) is 0.650. The van der Waals surface area contributed by atoms with Crippen molar-refractivity contribution in [2.75, 3.05) is 33.9 Å². The van der Waals surface area contributed by atoms with E-state index in [2.05, 4.69) is 10.4 Å². The zero-order valence-electron chi connectivity index (χ0n) is 18.4. The third-order valence-electron chi connectivity index (χ3n) is 4.70. The van der Waals surface area contributed by atoms with Crippen molar-refractivity contribution < 1.29 is 28.6 Å². The molecule has 0 fully saturated rings. The molecule has 0 aliphatic carbocycles. The van der Waals surface area contributed by atoms with Gasteiger partial charge in [0, 0.05) is 23.6 Å². The minimum atomic E-state index is -0.520. The van der Waals surface area contributed by atoms with Crippen LogP contribution in [-0.2, 0) is 4.79 Å². The van der Waals surface area contributed by atoms with Crippen molar-refractivity contribution in [3.63, 3.8) is 0 Å². The number of carbonyl (C=O) groups excluding carboxylic acids is 2. The van der Waals surface area contributed by atoms with Gasteiger partial charge in [-0.1, -0.05) is 12.1 Å². The van der Waals surface area contributed by atoms with Crippen molar-refractivity contribution >= 4 is 39.5 Å². The second kappa shape index (κ2) is 11.2. The van der Waals surface area contributed by atoms with Gasteiger partial charge in [0.25, 0.3) is 11.8 Å². The SMILES string of the molecule is COc1ccc(C(=O)NCC(=O)N(C)/N=C/c2c(C#N)sc3c(F)cccc23)cc1OCCO. The fourth-order valence-electron chi connectivity index (χ4n) is 2.98. The molecule has 0 bridgehead atoms. The van der Waals surface area contributed by atoms with Crippen LogP contribution in [0.15, 0.2) is 41.5 Å². The average molecular weight is 485 g/mol. The summed E-state index contributed by atoms with van der Waals surface area (Å²) in [5.74, 6) is -0.792. The number of rotatable bonds is 9. The van der Waals surface area contributed by atoms with Gasteiger partial charge < -0.3 is 19.9 Å². The van der Waals surface area contributed by atoms with E-state index in [0.717, 1.165) is 16.3 Å². The molecule has 176 valence electrons. The molecule has 11 heteroatoms. The van der Waals surface area contributed by atoms with Crippen LogP contribution in [0.25, 0.3) is 10.1 Å². The Morgan fingerprint density at radius 1 is 1.32 bits per heavy atom. The first-order chi connectivity index (χ1) is 16.4. The molecule has 1 aromatic heterocycles. The molecule has 34 heavy (non-hydrogen) atoms. The molecule has 0 unspecified atom stereocenters. The molecule has 3 aromatic rings. The standard InChI is InChI=1S/C23H21FN4O5S/c1-28(27-12-16-15-4-3-5-17(24)22(15)34-20(16)11-25)21(30)13-26-23(31)14-6-7-18(32-2)19(10-14)33-9-8-29/h3-7,10,12,29H,8-9,13H2,1-2H3,(H,26,31)/b27-12+. The van der Waals surface area contributed by atoms with Crippen LogP contribution in [0, 0.1) is 17.1 Å². The first-order valence-corrected chi connectivity index (χ1v) is 10.8. The monoisotopic (exact) mass is 484 g/mol. The maximum absolute atomic E-state index is 14.0. The minimum absolute atomic E-state index is 0.0300. The third kappa shape index (κ3) is 5.48. The lowest BCUT2D eigenvalue weighted by Gasteiger charge is -2.13. The number of fused-ring (bicyclic) bond motifs is 1. The third-order valence-corrected chi connectivity index (χ3v) is 5.84. The van der Waals surface area contributed by atoms with E-state index in [1.54, 1.807) is 12.1 Å². The average Bonchev–Trinajstić information content (AvgIpc) is 3.22. The number of hydrogen-bond donors (Lipinski definition) is 2. The predicted molar refractivity (Wildman–Crippen MR) is 125 cm³/mol. The van der Waals surface area contributed by atoms with Crippen LogP contribution in [0.2, 0.25) is 0 Å². The Morgan fingerprint density at radius 2 is 2.12 bits per heavy atom.